The Kier molecular flexibility index (Phi) is 8.28. The molecular formula is C21H31N3O6S. The molecule has 172 valence electrons. The molecule has 10 heteroatoms. The lowest BCUT2D eigenvalue weighted by molar-refractivity contribution is -0.132. The highest BCUT2D eigenvalue weighted by molar-refractivity contribution is 7.89. The van der Waals surface area contributed by atoms with E-state index in [-0.39, 0.29) is 16.8 Å². The average Bonchev–Trinajstić information content (AvgIpc) is 2.78. The van der Waals surface area contributed by atoms with Gasteiger partial charge in [-0.15, -0.1) is 0 Å². The highest BCUT2D eigenvalue weighted by Crippen LogP contribution is 2.19. The van der Waals surface area contributed by atoms with Crippen LogP contribution in [0.4, 0.5) is 4.79 Å². The maximum absolute atomic E-state index is 12.7. The Labute approximate surface area is 183 Å². The van der Waals surface area contributed by atoms with E-state index in [4.69, 9.17) is 9.47 Å². The van der Waals surface area contributed by atoms with Crippen molar-refractivity contribution in [1.29, 1.82) is 0 Å². The highest BCUT2D eigenvalue weighted by Gasteiger charge is 2.27. The van der Waals surface area contributed by atoms with Crippen LogP contribution in [0.1, 0.15) is 31.7 Å². The third-order valence-corrected chi connectivity index (χ3v) is 7.44. The molecule has 0 aromatic heterocycles. The molecule has 0 aliphatic carbocycles. The number of morpholine rings is 1. The van der Waals surface area contributed by atoms with Gasteiger partial charge in [-0.3, -0.25) is 4.79 Å². The molecule has 9 nitrogen and oxygen atoms in total. The summed E-state index contributed by atoms with van der Waals surface area (Å²) >= 11 is 0. The van der Waals surface area contributed by atoms with Crippen molar-refractivity contribution in [3.63, 3.8) is 0 Å². The first-order chi connectivity index (χ1) is 14.9. The van der Waals surface area contributed by atoms with E-state index in [0.717, 1.165) is 18.4 Å². The van der Waals surface area contributed by atoms with Crippen LogP contribution < -0.4 is 5.32 Å². The molecule has 0 saturated carbocycles. The first-order valence-corrected chi connectivity index (χ1v) is 12.2. The predicted octanol–water partition coefficient (Wildman–Crippen LogP) is 1.38. The van der Waals surface area contributed by atoms with E-state index in [1.807, 2.05) is 0 Å². The lowest BCUT2D eigenvalue weighted by Crippen LogP contribution is -2.49. The van der Waals surface area contributed by atoms with Gasteiger partial charge in [0.15, 0.2) is 0 Å². The first kappa shape index (κ1) is 23.5. The molecule has 1 unspecified atom stereocenters. The van der Waals surface area contributed by atoms with E-state index in [1.54, 1.807) is 36.1 Å². The Balaban J connectivity index is 1.50. The van der Waals surface area contributed by atoms with Gasteiger partial charge >= 0.3 is 6.09 Å². The molecule has 3 rings (SSSR count). The minimum atomic E-state index is -3.51. The van der Waals surface area contributed by atoms with E-state index < -0.39 is 16.1 Å². The number of carbonyl (C=O) groups excluding carboxylic acids is 2. The van der Waals surface area contributed by atoms with Crippen molar-refractivity contribution >= 4 is 22.0 Å². The van der Waals surface area contributed by atoms with Crippen molar-refractivity contribution in [2.45, 2.75) is 43.5 Å². The molecule has 0 spiro atoms. The fourth-order valence-electron chi connectivity index (χ4n) is 3.83. The fraction of sp³-hybridized carbons (Fsp3) is 0.619. The van der Waals surface area contributed by atoms with E-state index in [9.17, 15) is 18.0 Å². The number of amides is 2. The summed E-state index contributed by atoms with van der Waals surface area (Å²) in [6, 6.07) is 6.64. The molecule has 0 bridgehead atoms. The minimum Gasteiger partial charge on any atom is -0.450 e. The Morgan fingerprint density at radius 2 is 1.87 bits per heavy atom. The summed E-state index contributed by atoms with van der Waals surface area (Å²) in [5.74, 6) is 0.0281. The third kappa shape index (κ3) is 6.41. The molecule has 2 aliphatic heterocycles. The number of rotatable bonds is 7. The summed E-state index contributed by atoms with van der Waals surface area (Å²) in [7, 11) is -3.51. The summed E-state index contributed by atoms with van der Waals surface area (Å²) in [5, 5.41) is 2.80. The van der Waals surface area contributed by atoms with Crippen molar-refractivity contribution in [3.8, 4) is 0 Å². The fourth-order valence-corrected chi connectivity index (χ4v) is 5.24. The number of sulfonamides is 1. The Bertz CT molecular complexity index is 852. The van der Waals surface area contributed by atoms with E-state index in [2.05, 4.69) is 5.32 Å². The van der Waals surface area contributed by atoms with Crippen LogP contribution in [0.25, 0.3) is 0 Å². The quantitative estimate of drug-likeness (QED) is 0.669. The monoisotopic (exact) mass is 453 g/mol. The summed E-state index contributed by atoms with van der Waals surface area (Å²) in [6.07, 6.45) is 2.07. The van der Waals surface area contributed by atoms with Crippen molar-refractivity contribution in [3.05, 3.63) is 29.8 Å². The number of piperidine rings is 1. The van der Waals surface area contributed by atoms with Crippen LogP contribution in [0.5, 0.6) is 0 Å². The summed E-state index contributed by atoms with van der Waals surface area (Å²) in [5.41, 5.74) is 0.910. The summed E-state index contributed by atoms with van der Waals surface area (Å²) < 4.78 is 37.0. The van der Waals surface area contributed by atoms with Gasteiger partial charge in [-0.25, -0.2) is 13.2 Å². The number of alkyl carbamates (subject to hydrolysis) is 1. The van der Waals surface area contributed by atoms with Gasteiger partial charge in [0.05, 0.1) is 24.7 Å². The van der Waals surface area contributed by atoms with Crippen LogP contribution in [0.15, 0.2) is 29.2 Å². The topological polar surface area (TPSA) is 105 Å². The molecular weight excluding hydrogens is 422 g/mol. The van der Waals surface area contributed by atoms with Gasteiger partial charge in [0.1, 0.15) is 0 Å². The zero-order chi connectivity index (χ0) is 22.3. The zero-order valence-electron chi connectivity index (χ0n) is 17.9. The molecule has 2 fully saturated rings. The molecule has 0 radical (unpaired) electrons. The van der Waals surface area contributed by atoms with Crippen LogP contribution in [0.3, 0.4) is 0 Å². The van der Waals surface area contributed by atoms with Crippen LogP contribution in [0, 0.1) is 0 Å². The number of nitrogens with zero attached hydrogens (tertiary/aromatic N) is 2. The molecule has 2 saturated heterocycles. The molecule has 2 aliphatic rings. The van der Waals surface area contributed by atoms with E-state index in [1.165, 1.54) is 4.31 Å². The average molecular weight is 454 g/mol. The van der Waals surface area contributed by atoms with Gasteiger partial charge in [-0.2, -0.15) is 4.31 Å². The Hall–Kier alpha value is -2.17. The van der Waals surface area contributed by atoms with Gasteiger partial charge in [0.25, 0.3) is 0 Å². The largest absolute Gasteiger partial charge is 0.450 e. The standard InChI is InChI=1S/C21H31N3O6S/c1-2-30-21(26)22-18-4-3-11-23(16-18)20(25)10-7-17-5-8-19(9-6-17)31(27,28)24-12-14-29-15-13-24/h5-6,8-9,18H,2-4,7,10-16H2,1H3,(H,22,26). The lowest BCUT2D eigenvalue weighted by atomic mass is 10.0. The van der Waals surface area contributed by atoms with Crippen molar-refractivity contribution < 1.29 is 27.5 Å². The normalized spacial score (nSPS) is 20.3. The maximum Gasteiger partial charge on any atom is 0.407 e. The second kappa shape index (κ2) is 10.9. The summed E-state index contributed by atoms with van der Waals surface area (Å²) in [6.45, 7) is 4.76. The number of benzene rings is 1. The number of likely N-dealkylation sites (tertiary alicyclic amines) is 1. The minimum absolute atomic E-state index is 0.0281. The van der Waals surface area contributed by atoms with Gasteiger partial charge in [-0.05, 0) is 43.9 Å². The number of carbonyl (C=O) groups is 2. The van der Waals surface area contributed by atoms with Gasteiger partial charge in [-0.1, -0.05) is 12.1 Å². The SMILES string of the molecule is CCOC(=O)NC1CCCN(C(=O)CCc2ccc(S(=O)(=O)N3CCOCC3)cc2)C1. The highest BCUT2D eigenvalue weighted by atomic mass is 32.2. The number of nitrogens with one attached hydrogen (secondary N) is 1. The number of hydrogen-bond acceptors (Lipinski definition) is 6. The van der Waals surface area contributed by atoms with Crippen molar-refractivity contribution in [1.82, 2.24) is 14.5 Å². The molecule has 31 heavy (non-hydrogen) atoms. The molecule has 1 aromatic rings. The molecule has 1 N–H and O–H groups in total. The third-order valence-electron chi connectivity index (χ3n) is 5.53. The number of hydrogen-bond donors (Lipinski definition) is 1. The smallest absolute Gasteiger partial charge is 0.407 e. The van der Waals surface area contributed by atoms with Crippen LogP contribution in [-0.4, -0.2) is 81.7 Å². The van der Waals surface area contributed by atoms with Crippen molar-refractivity contribution in [2.75, 3.05) is 46.0 Å². The Morgan fingerprint density at radius 1 is 1.16 bits per heavy atom. The van der Waals surface area contributed by atoms with Gasteiger partial charge in [0.2, 0.25) is 15.9 Å². The van der Waals surface area contributed by atoms with Gasteiger partial charge in [0, 0.05) is 38.6 Å². The number of ether oxygens (including phenoxy) is 2. The molecule has 2 heterocycles. The van der Waals surface area contributed by atoms with Crippen LogP contribution in [-0.2, 0) is 30.7 Å². The Morgan fingerprint density at radius 3 is 2.55 bits per heavy atom. The summed E-state index contributed by atoms with van der Waals surface area (Å²) in [4.78, 5) is 26.3. The predicted molar refractivity (Wildman–Crippen MR) is 114 cm³/mol. The number of aryl methyl sites for hydroxylation is 1. The van der Waals surface area contributed by atoms with E-state index >= 15 is 0 Å². The van der Waals surface area contributed by atoms with Crippen LogP contribution >= 0.6 is 0 Å². The second-order valence-corrected chi connectivity index (χ2v) is 9.64. The van der Waals surface area contributed by atoms with E-state index in [0.29, 0.717) is 58.8 Å². The molecule has 2 amide bonds. The second-order valence-electron chi connectivity index (χ2n) is 7.70. The first-order valence-electron chi connectivity index (χ1n) is 10.8. The molecule has 1 atom stereocenters. The van der Waals surface area contributed by atoms with Gasteiger partial charge < -0.3 is 19.7 Å². The lowest BCUT2D eigenvalue weighted by Gasteiger charge is -2.33. The maximum atomic E-state index is 12.7. The zero-order valence-corrected chi connectivity index (χ0v) is 18.7. The van der Waals surface area contributed by atoms with Crippen molar-refractivity contribution in [2.24, 2.45) is 0 Å². The molecule has 1 aromatic carbocycles. The van der Waals surface area contributed by atoms with Crippen LogP contribution in [0.2, 0.25) is 0 Å².